The summed E-state index contributed by atoms with van der Waals surface area (Å²) in [5, 5.41) is 13.9. The maximum Gasteiger partial charge on any atom is 0.396 e. The van der Waals surface area contributed by atoms with E-state index in [1.807, 2.05) is 0 Å². The zero-order chi connectivity index (χ0) is 41.0. The smallest absolute Gasteiger partial charge is 0.396 e. The van der Waals surface area contributed by atoms with Gasteiger partial charge in [-0.2, -0.15) is 9.97 Å². The number of hydrogen-bond donors (Lipinski definition) is 5. The Morgan fingerprint density at radius 1 is 0.768 bits per heavy atom. The zero-order valence-corrected chi connectivity index (χ0v) is 30.9. The molecule has 4 rings (SSSR count). The van der Waals surface area contributed by atoms with Gasteiger partial charge < -0.3 is 53.8 Å². The van der Waals surface area contributed by atoms with E-state index in [9.17, 15) is 52.8 Å². The number of ether oxygens (including phenoxy) is 2. The number of hydrogen-bond acceptors (Lipinski definition) is 19. The van der Waals surface area contributed by atoms with Gasteiger partial charge in [-0.1, -0.05) is 0 Å². The average molecular weight is 840 g/mol. The third kappa shape index (κ3) is 15.0. The lowest BCUT2D eigenvalue weighted by Crippen LogP contribution is -2.29. The summed E-state index contributed by atoms with van der Waals surface area (Å²) in [7, 11) is -9.89. The highest BCUT2D eigenvalue weighted by atomic mass is 31.2. The monoisotopic (exact) mass is 839 g/mol. The standard InChI is InChI=1S/C28H38N6O20P2/c35-13-14-54(52-25(38)7-3-21(36)29-19-9-11-33(27(40)31-19)23-5-1-17(50-23)15-48-55(42,43)44)53-26(39)8-4-22(37)30-20-10-12-34(28(41)32-20)24-6-2-18(51-24)16-49-56(45,46)47/h9-12,17-18,23-24,35H,1-8,13-16H2,(H5-,29,30,31,32,36,37,40,41,42,43,44,45,46,47)/p-1. The SMILES string of the molecule is O=C(CCC(=O)O[O+](CCO)OC(=O)CCC(=O)Nc1ccn(C2CCC(COP(=O)([O-])O)O2)c(=O)n1)Nc1ccn(C2CCC(COP(=O)([O-])O)O2)c(=O)n1. The summed E-state index contributed by atoms with van der Waals surface area (Å²) >= 11 is 0. The molecule has 0 radical (unpaired) electrons. The highest BCUT2D eigenvalue weighted by Gasteiger charge is 2.31. The summed E-state index contributed by atoms with van der Waals surface area (Å²) < 4.78 is 44.8. The van der Waals surface area contributed by atoms with Crippen LogP contribution in [0.5, 0.6) is 0 Å². The highest BCUT2D eigenvalue weighted by molar-refractivity contribution is 7.45. The number of aliphatic hydroxyl groups is 1. The first kappa shape index (κ1) is 44.4. The second-order valence-corrected chi connectivity index (χ2v) is 14.2. The van der Waals surface area contributed by atoms with Gasteiger partial charge in [0.2, 0.25) is 11.8 Å². The van der Waals surface area contributed by atoms with E-state index in [0.717, 1.165) is 9.13 Å². The first-order chi connectivity index (χ1) is 26.4. The van der Waals surface area contributed by atoms with Gasteiger partial charge in [0.05, 0.1) is 38.3 Å². The highest BCUT2D eigenvalue weighted by Crippen LogP contribution is 2.35. The normalized spacial score (nSPS) is 21.5. The second kappa shape index (κ2) is 20.2. The van der Waals surface area contributed by atoms with Crippen molar-refractivity contribution in [3.05, 3.63) is 45.5 Å². The minimum absolute atomic E-state index is 0.161. The molecule has 310 valence electrons. The van der Waals surface area contributed by atoms with Crippen molar-refractivity contribution in [1.29, 1.82) is 0 Å². The number of phosphoric ester groups is 2. The van der Waals surface area contributed by atoms with Crippen LogP contribution in [0.2, 0.25) is 0 Å². The van der Waals surface area contributed by atoms with Gasteiger partial charge in [-0.25, -0.2) is 19.2 Å². The van der Waals surface area contributed by atoms with Gasteiger partial charge in [-0.15, -0.1) is 9.78 Å². The van der Waals surface area contributed by atoms with E-state index >= 15 is 0 Å². The Labute approximate surface area is 314 Å². The van der Waals surface area contributed by atoms with Crippen LogP contribution in [-0.4, -0.2) is 96.4 Å². The molecular weight excluding hydrogens is 802 g/mol. The average Bonchev–Trinajstić information content (AvgIpc) is 3.78. The fourth-order valence-electron chi connectivity index (χ4n) is 5.09. The molecule has 2 amide bonds. The Kier molecular flexibility index (Phi) is 16.0. The molecular formula is C28H37N6O20P2-. The lowest BCUT2D eigenvalue weighted by molar-refractivity contribution is -0.609. The van der Waals surface area contributed by atoms with Crippen LogP contribution >= 0.6 is 15.6 Å². The molecule has 28 heteroatoms. The largest absolute Gasteiger partial charge is 0.756 e. The Bertz CT molecular complexity index is 1800. The fourth-order valence-corrected chi connectivity index (χ4v) is 5.80. The molecule has 0 spiro atoms. The number of amides is 2. The first-order valence-electron chi connectivity index (χ1n) is 16.6. The molecule has 0 aliphatic carbocycles. The lowest BCUT2D eigenvalue weighted by Gasteiger charge is -2.19. The van der Waals surface area contributed by atoms with Crippen LogP contribution in [0.15, 0.2) is 34.1 Å². The molecule has 56 heavy (non-hydrogen) atoms. The number of nitrogens with one attached hydrogen (secondary N) is 2. The third-order valence-corrected chi connectivity index (χ3v) is 8.53. The Hall–Kier alpha value is -4.30. The van der Waals surface area contributed by atoms with E-state index in [1.165, 1.54) is 29.2 Å². The Balaban J connectivity index is 1.15. The predicted octanol–water partition coefficient (Wildman–Crippen LogP) is -2.29. The number of carbonyl (C=O) groups excluding carboxylic acids is 4. The number of carbonyl (C=O) groups is 4. The first-order valence-corrected chi connectivity index (χ1v) is 19.6. The van der Waals surface area contributed by atoms with E-state index in [2.05, 4.69) is 29.6 Å². The minimum atomic E-state index is -4.94. The lowest BCUT2D eigenvalue weighted by atomic mass is 10.2. The van der Waals surface area contributed by atoms with Gasteiger partial charge in [0, 0.05) is 29.9 Å². The maximum absolute atomic E-state index is 12.5. The van der Waals surface area contributed by atoms with Gasteiger partial charge in [0.25, 0.3) is 22.3 Å². The van der Waals surface area contributed by atoms with E-state index in [4.69, 9.17) is 29.0 Å². The van der Waals surface area contributed by atoms with Crippen LogP contribution in [0.4, 0.5) is 11.6 Å². The van der Waals surface area contributed by atoms with Crippen molar-refractivity contribution in [3.8, 4) is 0 Å². The molecule has 26 nitrogen and oxygen atoms in total. The van der Waals surface area contributed by atoms with Gasteiger partial charge in [-0.05, 0) is 37.8 Å². The van der Waals surface area contributed by atoms with Crippen molar-refractivity contribution < 1.29 is 86.0 Å². The van der Waals surface area contributed by atoms with Gasteiger partial charge >= 0.3 is 23.3 Å². The van der Waals surface area contributed by atoms with Crippen molar-refractivity contribution >= 4 is 51.0 Å². The summed E-state index contributed by atoms with van der Waals surface area (Å²) in [4.78, 5) is 130. The molecule has 2 saturated heterocycles. The quantitative estimate of drug-likeness (QED) is 0.0405. The van der Waals surface area contributed by atoms with Crippen LogP contribution < -0.4 is 31.8 Å². The number of phosphoric acid groups is 2. The molecule has 2 aromatic rings. The molecule has 6 unspecified atom stereocenters. The summed E-state index contributed by atoms with van der Waals surface area (Å²) in [6.07, 6.45) is -1.34. The van der Waals surface area contributed by atoms with Crippen LogP contribution in [0.25, 0.3) is 0 Å². The van der Waals surface area contributed by atoms with E-state index in [1.54, 1.807) is 0 Å². The fraction of sp³-hybridized carbons (Fsp3) is 0.571. The van der Waals surface area contributed by atoms with E-state index in [0.29, 0.717) is 25.7 Å². The zero-order valence-electron chi connectivity index (χ0n) is 29.1. The number of aliphatic hydroxyl groups excluding tert-OH is 1. The maximum atomic E-state index is 12.5. The van der Waals surface area contributed by atoms with Gasteiger partial charge in [0.1, 0.15) is 30.7 Å². The molecule has 0 saturated carbocycles. The molecule has 0 aromatic carbocycles. The summed E-state index contributed by atoms with van der Waals surface area (Å²) in [6.45, 7) is -2.14. The van der Waals surface area contributed by atoms with E-state index in [-0.39, 0.29) is 11.6 Å². The molecule has 2 aliphatic rings. The molecule has 4 heterocycles. The molecule has 2 aliphatic heterocycles. The molecule has 2 fully saturated rings. The van der Waals surface area contributed by atoms with Crippen molar-refractivity contribution in [2.45, 2.75) is 76.0 Å². The molecule has 0 bridgehead atoms. The predicted molar refractivity (Wildman–Crippen MR) is 176 cm³/mol. The molecule has 6 atom stereocenters. The van der Waals surface area contributed by atoms with Crippen molar-refractivity contribution in [2.24, 2.45) is 0 Å². The van der Waals surface area contributed by atoms with Gasteiger partial charge in [0.15, 0.2) is 0 Å². The van der Waals surface area contributed by atoms with Crippen LogP contribution in [0, 0.1) is 0 Å². The summed E-state index contributed by atoms with van der Waals surface area (Å²) in [5.74, 6) is -4.03. The van der Waals surface area contributed by atoms with Crippen molar-refractivity contribution in [2.75, 3.05) is 37.1 Å². The van der Waals surface area contributed by atoms with E-state index < -0.39 is 128 Å². The number of anilines is 2. The summed E-state index contributed by atoms with van der Waals surface area (Å²) in [6, 6.07) is 2.55. The van der Waals surface area contributed by atoms with Crippen LogP contribution in [0.3, 0.4) is 0 Å². The van der Waals surface area contributed by atoms with Crippen molar-refractivity contribution in [1.82, 2.24) is 19.1 Å². The Morgan fingerprint density at radius 3 is 1.54 bits per heavy atom. The van der Waals surface area contributed by atoms with Crippen molar-refractivity contribution in [3.63, 3.8) is 0 Å². The minimum Gasteiger partial charge on any atom is -0.756 e. The number of nitrogens with zero attached hydrogens (tertiary/aromatic N) is 4. The topological polar surface area (TPSA) is 361 Å². The summed E-state index contributed by atoms with van der Waals surface area (Å²) in [5.41, 5.74) is -1.63. The number of rotatable bonds is 20. The number of aromatic nitrogens is 4. The second-order valence-electron chi connectivity index (χ2n) is 11.9. The third-order valence-electron chi connectivity index (χ3n) is 7.57. The van der Waals surface area contributed by atoms with Gasteiger partial charge in [-0.3, -0.25) is 27.9 Å². The van der Waals surface area contributed by atoms with Crippen LogP contribution in [-0.2, 0) is 61.3 Å². The van der Waals surface area contributed by atoms with Crippen LogP contribution in [0.1, 0.15) is 63.8 Å². The molecule has 2 aromatic heterocycles. The Morgan fingerprint density at radius 2 is 1.18 bits per heavy atom. The molecule has 5 N–H and O–H groups in total.